The van der Waals surface area contributed by atoms with Gasteiger partial charge in [-0.25, -0.2) is 0 Å². The fourth-order valence-electron chi connectivity index (χ4n) is 2.65. The van der Waals surface area contributed by atoms with Crippen LogP contribution in [0.25, 0.3) is 0 Å². The molecule has 2 aromatic carbocycles. The van der Waals surface area contributed by atoms with E-state index in [2.05, 4.69) is 51.1 Å². The number of rotatable bonds is 7. The molecule has 0 aliphatic carbocycles. The molecule has 2 N–H and O–H groups in total. The summed E-state index contributed by atoms with van der Waals surface area (Å²) in [7, 11) is 0. The summed E-state index contributed by atoms with van der Waals surface area (Å²) in [6.45, 7) is 7.77. The molecule has 2 nitrogen and oxygen atoms in total. The molecular formula is C20H27NO. The fraction of sp³-hybridized carbons (Fsp3) is 0.400. The summed E-state index contributed by atoms with van der Waals surface area (Å²) >= 11 is 0. The molecule has 2 aromatic rings. The molecule has 1 unspecified atom stereocenters. The van der Waals surface area contributed by atoms with Crippen LogP contribution in [-0.2, 0) is 0 Å². The molecular weight excluding hydrogens is 270 g/mol. The summed E-state index contributed by atoms with van der Waals surface area (Å²) in [5, 5.41) is 0. The summed E-state index contributed by atoms with van der Waals surface area (Å²) < 4.78 is 5.93. The minimum Gasteiger partial charge on any atom is -0.493 e. The maximum atomic E-state index is 5.94. The Hall–Kier alpha value is -1.80. The number of benzene rings is 2. The van der Waals surface area contributed by atoms with Crippen LogP contribution in [0.3, 0.4) is 0 Å². The van der Waals surface area contributed by atoms with E-state index >= 15 is 0 Å². The number of hydrogen-bond donors (Lipinski definition) is 1. The summed E-state index contributed by atoms with van der Waals surface area (Å²) in [4.78, 5) is 0. The molecule has 0 radical (unpaired) electrons. The van der Waals surface area contributed by atoms with E-state index in [0.717, 1.165) is 25.2 Å². The zero-order valence-corrected chi connectivity index (χ0v) is 13.9. The zero-order chi connectivity index (χ0) is 15.9. The second-order valence-electron chi connectivity index (χ2n) is 6.03. The molecule has 2 heteroatoms. The first-order valence-electron chi connectivity index (χ1n) is 8.07. The highest BCUT2D eigenvalue weighted by Gasteiger charge is 2.09. The lowest BCUT2D eigenvalue weighted by Crippen LogP contribution is -2.14. The summed E-state index contributed by atoms with van der Waals surface area (Å²) in [6.07, 6.45) is 2.08. The van der Waals surface area contributed by atoms with Crippen molar-refractivity contribution < 1.29 is 4.74 Å². The third-order valence-electron chi connectivity index (χ3n) is 4.34. The first-order chi connectivity index (χ1) is 10.6. The zero-order valence-electron chi connectivity index (χ0n) is 13.9. The third kappa shape index (κ3) is 4.35. The lowest BCUT2D eigenvalue weighted by Gasteiger charge is -2.16. The summed E-state index contributed by atoms with van der Waals surface area (Å²) in [6, 6.07) is 14.9. The molecule has 0 amide bonds. The van der Waals surface area contributed by atoms with Gasteiger partial charge in [0.2, 0.25) is 0 Å². The first kappa shape index (κ1) is 16.6. The van der Waals surface area contributed by atoms with Crippen molar-refractivity contribution in [3.05, 3.63) is 64.7 Å². The largest absolute Gasteiger partial charge is 0.493 e. The second-order valence-corrected chi connectivity index (χ2v) is 6.03. The van der Waals surface area contributed by atoms with Crippen molar-refractivity contribution in [3.8, 4) is 5.75 Å². The first-order valence-corrected chi connectivity index (χ1v) is 8.07. The monoisotopic (exact) mass is 297 g/mol. The van der Waals surface area contributed by atoms with Crippen LogP contribution < -0.4 is 10.5 Å². The van der Waals surface area contributed by atoms with Gasteiger partial charge in [-0.05, 0) is 68.8 Å². The Kier molecular flexibility index (Phi) is 6.02. The molecule has 0 spiro atoms. The van der Waals surface area contributed by atoms with E-state index in [1.54, 1.807) is 0 Å². The highest BCUT2D eigenvalue weighted by atomic mass is 16.5. The molecule has 2 rings (SSSR count). The number of nitrogens with two attached hydrogens (primary N) is 1. The van der Waals surface area contributed by atoms with Crippen molar-refractivity contribution in [2.24, 2.45) is 5.73 Å². The standard InChI is InChI=1S/C20H27NO/c1-15-9-11-18(12-10-15)19(14-21)7-5-13-22-20-8-4-6-16(2)17(20)3/h4,6,8-12,19H,5,7,13-14,21H2,1-3H3. The van der Waals surface area contributed by atoms with Gasteiger partial charge >= 0.3 is 0 Å². The molecule has 0 saturated heterocycles. The van der Waals surface area contributed by atoms with Gasteiger partial charge in [0.05, 0.1) is 6.61 Å². The fourth-order valence-corrected chi connectivity index (χ4v) is 2.65. The van der Waals surface area contributed by atoms with Crippen molar-refractivity contribution in [3.63, 3.8) is 0 Å². The van der Waals surface area contributed by atoms with Gasteiger partial charge in [-0.1, -0.05) is 42.0 Å². The average molecular weight is 297 g/mol. The van der Waals surface area contributed by atoms with Crippen LogP contribution in [0.15, 0.2) is 42.5 Å². The Morgan fingerprint density at radius 3 is 2.41 bits per heavy atom. The predicted octanol–water partition coefficient (Wildman–Crippen LogP) is 4.51. The minimum atomic E-state index is 0.419. The third-order valence-corrected chi connectivity index (χ3v) is 4.34. The number of ether oxygens (including phenoxy) is 1. The SMILES string of the molecule is Cc1ccc(C(CN)CCCOc2cccc(C)c2C)cc1. The van der Waals surface area contributed by atoms with Gasteiger partial charge in [0, 0.05) is 0 Å². The van der Waals surface area contributed by atoms with Crippen LogP contribution in [0.1, 0.15) is 41.0 Å². The Bertz CT molecular complexity index is 589. The lowest BCUT2D eigenvalue weighted by atomic mass is 9.94. The molecule has 0 aromatic heterocycles. The summed E-state index contributed by atoms with van der Waals surface area (Å²) in [5.41, 5.74) is 11.1. The molecule has 0 saturated carbocycles. The van der Waals surface area contributed by atoms with Crippen molar-refractivity contribution in [1.29, 1.82) is 0 Å². The molecule has 0 fully saturated rings. The van der Waals surface area contributed by atoms with Crippen LogP contribution in [-0.4, -0.2) is 13.2 Å². The smallest absolute Gasteiger partial charge is 0.122 e. The molecule has 1 atom stereocenters. The van der Waals surface area contributed by atoms with E-state index in [1.165, 1.54) is 22.3 Å². The van der Waals surface area contributed by atoms with Crippen molar-refractivity contribution in [2.75, 3.05) is 13.2 Å². The predicted molar refractivity (Wildman–Crippen MR) is 93.6 cm³/mol. The van der Waals surface area contributed by atoms with Gasteiger partial charge in [0.1, 0.15) is 5.75 Å². The van der Waals surface area contributed by atoms with Crippen molar-refractivity contribution >= 4 is 0 Å². The Balaban J connectivity index is 1.84. The van der Waals surface area contributed by atoms with Gasteiger partial charge in [0.15, 0.2) is 0 Å². The highest BCUT2D eigenvalue weighted by Crippen LogP contribution is 2.23. The average Bonchev–Trinajstić information content (AvgIpc) is 2.52. The Morgan fingerprint density at radius 2 is 1.73 bits per heavy atom. The highest BCUT2D eigenvalue weighted by molar-refractivity contribution is 5.38. The van der Waals surface area contributed by atoms with E-state index < -0.39 is 0 Å². The maximum Gasteiger partial charge on any atom is 0.122 e. The van der Waals surface area contributed by atoms with E-state index in [4.69, 9.17) is 10.5 Å². The van der Waals surface area contributed by atoms with Crippen molar-refractivity contribution in [1.82, 2.24) is 0 Å². The van der Waals surface area contributed by atoms with Gasteiger partial charge in [0.25, 0.3) is 0 Å². The second kappa shape index (κ2) is 8.00. The van der Waals surface area contributed by atoms with E-state index in [1.807, 2.05) is 12.1 Å². The van der Waals surface area contributed by atoms with Crippen LogP contribution >= 0.6 is 0 Å². The topological polar surface area (TPSA) is 35.2 Å². The van der Waals surface area contributed by atoms with E-state index in [0.29, 0.717) is 12.5 Å². The minimum absolute atomic E-state index is 0.419. The quantitative estimate of drug-likeness (QED) is 0.763. The maximum absolute atomic E-state index is 5.94. The van der Waals surface area contributed by atoms with Crippen LogP contribution in [0.4, 0.5) is 0 Å². The summed E-state index contributed by atoms with van der Waals surface area (Å²) in [5.74, 6) is 1.42. The normalized spacial score (nSPS) is 12.2. The van der Waals surface area contributed by atoms with Crippen LogP contribution in [0.2, 0.25) is 0 Å². The Morgan fingerprint density at radius 1 is 1.00 bits per heavy atom. The van der Waals surface area contributed by atoms with Gasteiger partial charge in [-0.3, -0.25) is 0 Å². The Labute approximate surface area is 134 Å². The van der Waals surface area contributed by atoms with Gasteiger partial charge in [-0.2, -0.15) is 0 Å². The van der Waals surface area contributed by atoms with E-state index in [9.17, 15) is 0 Å². The molecule has 0 bridgehead atoms. The van der Waals surface area contributed by atoms with Crippen LogP contribution in [0, 0.1) is 20.8 Å². The molecule has 0 aliphatic heterocycles. The molecule has 0 heterocycles. The molecule has 0 aliphatic rings. The van der Waals surface area contributed by atoms with Gasteiger partial charge < -0.3 is 10.5 Å². The molecule has 118 valence electrons. The lowest BCUT2D eigenvalue weighted by molar-refractivity contribution is 0.299. The van der Waals surface area contributed by atoms with Crippen molar-refractivity contribution in [2.45, 2.75) is 39.5 Å². The molecule has 22 heavy (non-hydrogen) atoms. The van der Waals surface area contributed by atoms with E-state index in [-0.39, 0.29) is 0 Å². The number of hydrogen-bond acceptors (Lipinski definition) is 2. The number of aryl methyl sites for hydroxylation is 2. The van der Waals surface area contributed by atoms with Gasteiger partial charge in [-0.15, -0.1) is 0 Å². The van der Waals surface area contributed by atoms with Crippen LogP contribution in [0.5, 0.6) is 5.75 Å².